The van der Waals surface area contributed by atoms with E-state index in [1.165, 1.54) is 5.56 Å². The minimum Gasteiger partial charge on any atom is -0.497 e. The van der Waals surface area contributed by atoms with Crippen LogP contribution in [0.25, 0.3) is 0 Å². The van der Waals surface area contributed by atoms with Gasteiger partial charge in [-0.2, -0.15) is 0 Å². The van der Waals surface area contributed by atoms with Crippen LogP contribution in [0.5, 0.6) is 11.5 Å². The fourth-order valence-corrected chi connectivity index (χ4v) is 3.39. The van der Waals surface area contributed by atoms with E-state index >= 15 is 0 Å². The Morgan fingerprint density at radius 3 is 2.43 bits per heavy atom. The Morgan fingerprint density at radius 1 is 1.11 bits per heavy atom. The van der Waals surface area contributed by atoms with Crippen molar-refractivity contribution in [1.82, 2.24) is 10.2 Å². The molecule has 0 radical (unpaired) electrons. The molecule has 1 aliphatic rings. The van der Waals surface area contributed by atoms with E-state index in [2.05, 4.69) is 17.4 Å². The lowest BCUT2D eigenvalue weighted by Gasteiger charge is -2.17. The van der Waals surface area contributed by atoms with Crippen LogP contribution in [0.1, 0.15) is 22.3 Å². The number of hydrogen-bond donors (Lipinski definition) is 1. The van der Waals surface area contributed by atoms with Crippen molar-refractivity contribution in [2.24, 2.45) is 5.92 Å². The van der Waals surface area contributed by atoms with Gasteiger partial charge in [0.25, 0.3) is 5.91 Å². The molecule has 2 amide bonds. The molecule has 6 nitrogen and oxygen atoms in total. The van der Waals surface area contributed by atoms with Crippen LogP contribution in [-0.4, -0.2) is 50.6 Å². The van der Waals surface area contributed by atoms with Gasteiger partial charge in [-0.05, 0) is 24.1 Å². The SMILES string of the molecule is COc1cc(OC)cc(C(=O)NCC2CC(=O)N(CCc3ccccc3)C2)c1. The molecule has 0 aromatic heterocycles. The maximum atomic E-state index is 12.5. The first kappa shape index (κ1) is 19.7. The van der Waals surface area contributed by atoms with Crippen molar-refractivity contribution in [2.45, 2.75) is 12.8 Å². The van der Waals surface area contributed by atoms with Crippen molar-refractivity contribution < 1.29 is 19.1 Å². The quantitative estimate of drug-likeness (QED) is 0.762. The molecule has 0 aliphatic carbocycles. The molecule has 0 bridgehead atoms. The molecule has 0 saturated carbocycles. The van der Waals surface area contributed by atoms with E-state index in [-0.39, 0.29) is 17.7 Å². The summed E-state index contributed by atoms with van der Waals surface area (Å²) in [5.41, 5.74) is 1.69. The number of nitrogens with one attached hydrogen (secondary N) is 1. The van der Waals surface area contributed by atoms with Gasteiger partial charge in [-0.3, -0.25) is 9.59 Å². The van der Waals surface area contributed by atoms with E-state index in [4.69, 9.17) is 9.47 Å². The largest absolute Gasteiger partial charge is 0.497 e. The lowest BCUT2D eigenvalue weighted by atomic mass is 10.1. The zero-order valence-electron chi connectivity index (χ0n) is 16.3. The molecule has 1 fully saturated rings. The summed E-state index contributed by atoms with van der Waals surface area (Å²) in [6, 6.07) is 15.2. The van der Waals surface area contributed by atoms with Crippen LogP contribution in [0.4, 0.5) is 0 Å². The number of ether oxygens (including phenoxy) is 2. The van der Waals surface area contributed by atoms with E-state index in [0.29, 0.717) is 43.1 Å². The predicted molar refractivity (Wildman–Crippen MR) is 107 cm³/mol. The van der Waals surface area contributed by atoms with Gasteiger partial charge < -0.3 is 19.7 Å². The average Bonchev–Trinajstić information content (AvgIpc) is 3.10. The standard InChI is InChI=1S/C22H26N2O4/c1-27-19-11-18(12-20(13-19)28-2)22(26)23-14-17-10-21(25)24(15-17)9-8-16-6-4-3-5-7-16/h3-7,11-13,17H,8-10,14-15H2,1-2H3,(H,23,26). The smallest absolute Gasteiger partial charge is 0.251 e. The van der Waals surface area contributed by atoms with Gasteiger partial charge in [-0.15, -0.1) is 0 Å². The minimum absolute atomic E-state index is 0.125. The van der Waals surface area contributed by atoms with Gasteiger partial charge in [0.05, 0.1) is 14.2 Å². The number of benzene rings is 2. The van der Waals surface area contributed by atoms with Crippen LogP contribution in [0.15, 0.2) is 48.5 Å². The first-order valence-electron chi connectivity index (χ1n) is 9.42. The number of amides is 2. The monoisotopic (exact) mass is 382 g/mol. The van der Waals surface area contributed by atoms with E-state index < -0.39 is 0 Å². The Bertz CT molecular complexity index is 800. The lowest BCUT2D eigenvalue weighted by Crippen LogP contribution is -2.32. The third-order valence-electron chi connectivity index (χ3n) is 4.97. The van der Waals surface area contributed by atoms with Crippen molar-refractivity contribution >= 4 is 11.8 Å². The highest BCUT2D eigenvalue weighted by molar-refractivity contribution is 5.95. The highest BCUT2D eigenvalue weighted by Gasteiger charge is 2.29. The molecule has 6 heteroatoms. The summed E-state index contributed by atoms with van der Waals surface area (Å²) in [5.74, 6) is 1.20. The highest BCUT2D eigenvalue weighted by Crippen LogP contribution is 2.23. The highest BCUT2D eigenvalue weighted by atomic mass is 16.5. The molecular weight excluding hydrogens is 356 g/mol. The summed E-state index contributed by atoms with van der Waals surface area (Å²) in [4.78, 5) is 26.6. The third kappa shape index (κ3) is 5.03. The maximum absolute atomic E-state index is 12.5. The summed E-state index contributed by atoms with van der Waals surface area (Å²) < 4.78 is 10.4. The van der Waals surface area contributed by atoms with Crippen molar-refractivity contribution in [1.29, 1.82) is 0 Å². The van der Waals surface area contributed by atoms with Crippen LogP contribution in [0.2, 0.25) is 0 Å². The zero-order valence-corrected chi connectivity index (χ0v) is 16.3. The molecule has 0 spiro atoms. The lowest BCUT2D eigenvalue weighted by molar-refractivity contribution is -0.127. The number of carbonyl (C=O) groups is 2. The van der Waals surface area contributed by atoms with Crippen LogP contribution < -0.4 is 14.8 Å². The molecule has 1 heterocycles. The molecule has 2 aromatic carbocycles. The summed E-state index contributed by atoms with van der Waals surface area (Å²) >= 11 is 0. The second-order valence-electron chi connectivity index (χ2n) is 6.96. The Labute approximate surface area is 165 Å². The van der Waals surface area contributed by atoms with Crippen molar-refractivity contribution in [2.75, 3.05) is 33.9 Å². The predicted octanol–water partition coefficient (Wildman–Crippen LogP) is 2.52. The van der Waals surface area contributed by atoms with Gasteiger partial charge in [-0.1, -0.05) is 30.3 Å². The zero-order chi connectivity index (χ0) is 19.9. The first-order valence-corrected chi connectivity index (χ1v) is 9.42. The van der Waals surface area contributed by atoms with Crippen molar-refractivity contribution in [3.8, 4) is 11.5 Å². The van der Waals surface area contributed by atoms with E-state index in [1.807, 2.05) is 23.1 Å². The van der Waals surface area contributed by atoms with Gasteiger partial charge >= 0.3 is 0 Å². The number of hydrogen-bond acceptors (Lipinski definition) is 4. The molecule has 1 N–H and O–H groups in total. The number of nitrogens with zero attached hydrogens (tertiary/aromatic N) is 1. The van der Waals surface area contributed by atoms with E-state index in [1.54, 1.807) is 32.4 Å². The molecule has 1 unspecified atom stereocenters. The van der Waals surface area contributed by atoms with Gasteiger partial charge in [0.15, 0.2) is 0 Å². The van der Waals surface area contributed by atoms with Gasteiger partial charge in [0.1, 0.15) is 11.5 Å². The van der Waals surface area contributed by atoms with Gasteiger partial charge in [0.2, 0.25) is 5.91 Å². The minimum atomic E-state index is -0.201. The Morgan fingerprint density at radius 2 is 1.79 bits per heavy atom. The summed E-state index contributed by atoms with van der Waals surface area (Å²) in [6.07, 6.45) is 1.31. The Kier molecular flexibility index (Phi) is 6.53. The molecule has 148 valence electrons. The summed E-state index contributed by atoms with van der Waals surface area (Å²) in [6.45, 7) is 1.85. The Balaban J connectivity index is 1.51. The van der Waals surface area contributed by atoms with Crippen LogP contribution in [0.3, 0.4) is 0 Å². The second-order valence-corrected chi connectivity index (χ2v) is 6.96. The number of carbonyl (C=O) groups excluding carboxylic acids is 2. The number of methoxy groups -OCH3 is 2. The van der Waals surface area contributed by atoms with E-state index in [0.717, 1.165) is 6.42 Å². The van der Waals surface area contributed by atoms with Crippen molar-refractivity contribution in [3.05, 3.63) is 59.7 Å². The number of rotatable bonds is 8. The fourth-order valence-electron chi connectivity index (χ4n) is 3.39. The molecule has 28 heavy (non-hydrogen) atoms. The summed E-state index contributed by atoms with van der Waals surface area (Å²) in [7, 11) is 3.09. The topological polar surface area (TPSA) is 67.9 Å². The van der Waals surface area contributed by atoms with Crippen LogP contribution in [-0.2, 0) is 11.2 Å². The first-order chi connectivity index (χ1) is 13.6. The molecule has 1 saturated heterocycles. The number of likely N-dealkylation sites (tertiary alicyclic amines) is 1. The molecular formula is C22H26N2O4. The van der Waals surface area contributed by atoms with Crippen molar-refractivity contribution in [3.63, 3.8) is 0 Å². The molecule has 1 aliphatic heterocycles. The average molecular weight is 382 g/mol. The van der Waals surface area contributed by atoms with Gasteiger partial charge in [-0.25, -0.2) is 0 Å². The van der Waals surface area contributed by atoms with E-state index in [9.17, 15) is 9.59 Å². The molecule has 3 rings (SSSR count). The maximum Gasteiger partial charge on any atom is 0.251 e. The second kappa shape index (κ2) is 9.26. The van der Waals surface area contributed by atoms with Crippen LogP contribution in [0, 0.1) is 5.92 Å². The summed E-state index contributed by atoms with van der Waals surface area (Å²) in [5, 5.41) is 2.93. The third-order valence-corrected chi connectivity index (χ3v) is 4.97. The molecule has 1 atom stereocenters. The normalized spacial score (nSPS) is 16.1. The Hall–Kier alpha value is -3.02. The van der Waals surface area contributed by atoms with Gasteiger partial charge in [0, 0.05) is 43.6 Å². The molecule has 2 aromatic rings. The fraction of sp³-hybridized carbons (Fsp3) is 0.364. The van der Waals surface area contributed by atoms with Crippen LogP contribution >= 0.6 is 0 Å².